The van der Waals surface area contributed by atoms with Gasteiger partial charge in [0.2, 0.25) is 5.91 Å². The SMILES string of the molecule is C=CCCCCN(C)C(=O)C1C[C@H](Oc2cc(-c3nc(C(F)(F)F)cs3)nc3c(Cl)c(OC)ccc23)CN1C(=O)n1ccnc1. The number of benzene rings is 1. The minimum atomic E-state index is -4.62. The number of hydrogen-bond donors (Lipinski definition) is 0. The molecule has 10 nitrogen and oxygen atoms in total. The Morgan fingerprint density at radius 3 is 2.71 bits per heavy atom. The third-order valence-electron chi connectivity index (χ3n) is 7.42. The minimum Gasteiger partial charge on any atom is -0.495 e. The van der Waals surface area contributed by atoms with Crippen molar-refractivity contribution in [1.82, 2.24) is 29.3 Å². The molecule has 4 aromatic rings. The number of thiazole rings is 1. The van der Waals surface area contributed by atoms with Crippen molar-refractivity contribution >= 4 is 45.8 Å². The fourth-order valence-corrected chi connectivity index (χ4v) is 6.20. The van der Waals surface area contributed by atoms with E-state index in [-0.39, 0.29) is 45.9 Å². The van der Waals surface area contributed by atoms with Gasteiger partial charge < -0.3 is 19.3 Å². The summed E-state index contributed by atoms with van der Waals surface area (Å²) in [5, 5.41) is 1.54. The molecule has 0 N–H and O–H groups in total. The Morgan fingerprint density at radius 2 is 2.04 bits per heavy atom. The van der Waals surface area contributed by atoms with E-state index >= 15 is 0 Å². The number of rotatable bonds is 10. The van der Waals surface area contributed by atoms with Gasteiger partial charge in [0.25, 0.3) is 0 Å². The van der Waals surface area contributed by atoms with Gasteiger partial charge in [-0.05, 0) is 31.4 Å². The van der Waals surface area contributed by atoms with Crippen molar-refractivity contribution in [1.29, 1.82) is 0 Å². The zero-order valence-electron chi connectivity index (χ0n) is 24.5. The van der Waals surface area contributed by atoms with Crippen molar-refractivity contribution in [3.8, 4) is 22.2 Å². The number of ether oxygens (including phenoxy) is 2. The van der Waals surface area contributed by atoms with Gasteiger partial charge >= 0.3 is 12.2 Å². The molecule has 1 aromatic carbocycles. The largest absolute Gasteiger partial charge is 0.495 e. The first kappa shape index (κ1) is 32.2. The molecule has 0 radical (unpaired) electrons. The van der Waals surface area contributed by atoms with Crippen LogP contribution in [0.3, 0.4) is 0 Å². The maximum atomic E-state index is 13.6. The second-order valence-corrected chi connectivity index (χ2v) is 11.7. The molecule has 0 spiro atoms. The predicted octanol–water partition coefficient (Wildman–Crippen LogP) is 6.54. The Hall–Kier alpha value is -4.17. The summed E-state index contributed by atoms with van der Waals surface area (Å²) in [6.07, 6.45) is 3.55. The molecule has 45 heavy (non-hydrogen) atoms. The van der Waals surface area contributed by atoms with Crippen molar-refractivity contribution in [3.05, 3.63) is 65.7 Å². The Bertz CT molecular complexity index is 1700. The van der Waals surface area contributed by atoms with Gasteiger partial charge in [0.15, 0.2) is 5.69 Å². The predicted molar refractivity (Wildman–Crippen MR) is 164 cm³/mol. The van der Waals surface area contributed by atoms with Crippen molar-refractivity contribution in [3.63, 3.8) is 0 Å². The molecule has 2 amide bonds. The Labute approximate surface area is 266 Å². The monoisotopic (exact) mass is 662 g/mol. The number of hydrogen-bond acceptors (Lipinski definition) is 8. The molecule has 0 aliphatic carbocycles. The maximum Gasteiger partial charge on any atom is 0.434 e. The number of nitrogens with zero attached hydrogens (tertiary/aromatic N) is 6. The second-order valence-electron chi connectivity index (χ2n) is 10.5. The number of unbranched alkanes of at least 4 members (excludes halogenated alkanes) is 2. The average Bonchev–Trinajstić information content (AvgIpc) is 3.80. The highest BCUT2D eigenvalue weighted by Crippen LogP contribution is 2.41. The zero-order chi connectivity index (χ0) is 32.3. The van der Waals surface area contributed by atoms with Gasteiger partial charge in [-0.15, -0.1) is 17.9 Å². The summed E-state index contributed by atoms with van der Waals surface area (Å²) in [6, 6.07) is 3.54. The van der Waals surface area contributed by atoms with Crippen molar-refractivity contribution in [2.24, 2.45) is 0 Å². The highest BCUT2D eigenvalue weighted by molar-refractivity contribution is 7.13. The molecule has 1 unspecified atom stereocenters. The number of methoxy groups -OCH3 is 1. The molecule has 0 bridgehead atoms. The van der Waals surface area contributed by atoms with Gasteiger partial charge in [-0.25, -0.2) is 19.7 Å². The number of likely N-dealkylation sites (tertiary alicyclic amines) is 1. The first-order chi connectivity index (χ1) is 21.5. The van der Waals surface area contributed by atoms with E-state index in [1.54, 1.807) is 24.1 Å². The molecular weight excluding hydrogens is 633 g/mol. The number of fused-ring (bicyclic) bond motifs is 1. The number of amides is 2. The topological polar surface area (TPSA) is 103 Å². The van der Waals surface area contributed by atoms with Crippen LogP contribution < -0.4 is 9.47 Å². The van der Waals surface area contributed by atoms with E-state index in [1.165, 1.54) is 41.4 Å². The number of alkyl halides is 3. The molecular formula is C30H30ClF3N6O4S. The van der Waals surface area contributed by atoms with Crippen molar-refractivity contribution in [2.45, 2.75) is 44.0 Å². The van der Waals surface area contributed by atoms with Crippen LogP contribution in [0.4, 0.5) is 18.0 Å². The molecule has 1 saturated heterocycles. The molecule has 0 saturated carbocycles. The Kier molecular flexibility index (Phi) is 9.63. The summed E-state index contributed by atoms with van der Waals surface area (Å²) in [7, 11) is 3.13. The maximum absolute atomic E-state index is 13.6. The van der Waals surface area contributed by atoms with E-state index in [4.69, 9.17) is 21.1 Å². The minimum absolute atomic E-state index is 0.0161. The summed E-state index contributed by atoms with van der Waals surface area (Å²) in [4.78, 5) is 42.4. The van der Waals surface area contributed by atoms with E-state index in [0.29, 0.717) is 17.7 Å². The average molecular weight is 663 g/mol. The van der Waals surface area contributed by atoms with Gasteiger partial charge in [-0.3, -0.25) is 9.36 Å². The molecule has 1 fully saturated rings. The summed E-state index contributed by atoms with van der Waals surface area (Å²) in [6.45, 7) is 4.30. The van der Waals surface area contributed by atoms with Gasteiger partial charge in [0, 0.05) is 49.2 Å². The fraction of sp³-hybridized carbons (Fsp3) is 0.367. The molecule has 238 valence electrons. The summed E-state index contributed by atoms with van der Waals surface area (Å²) < 4.78 is 53.1. The number of halogens is 4. The van der Waals surface area contributed by atoms with Crippen LogP contribution in [-0.4, -0.2) is 80.6 Å². The first-order valence-corrected chi connectivity index (χ1v) is 15.3. The number of pyridine rings is 1. The lowest BCUT2D eigenvalue weighted by Crippen LogP contribution is -2.47. The van der Waals surface area contributed by atoms with Gasteiger partial charge in [0.1, 0.15) is 45.7 Å². The lowest BCUT2D eigenvalue weighted by molar-refractivity contribution is -0.140. The number of likely N-dealkylation sites (N-methyl/N-ethyl adjacent to an activating group) is 1. The molecule has 4 heterocycles. The van der Waals surface area contributed by atoms with Crippen LogP contribution in [0.2, 0.25) is 5.02 Å². The molecule has 1 aliphatic heterocycles. The van der Waals surface area contributed by atoms with Crippen LogP contribution >= 0.6 is 22.9 Å². The lowest BCUT2D eigenvalue weighted by Gasteiger charge is -2.27. The number of imidazole rings is 1. The number of carbonyl (C=O) groups excluding carboxylic acids is 2. The Morgan fingerprint density at radius 1 is 1.24 bits per heavy atom. The molecule has 5 rings (SSSR count). The molecule has 2 atom stereocenters. The Balaban J connectivity index is 1.49. The van der Waals surface area contributed by atoms with E-state index in [9.17, 15) is 22.8 Å². The summed E-state index contributed by atoms with van der Waals surface area (Å²) >= 11 is 7.38. The van der Waals surface area contributed by atoms with Gasteiger partial charge in [0.05, 0.1) is 19.2 Å². The standard InChI is InChI=1S/C30H30ClF3N6O4S/c1-4-5-6-7-11-38(2)28(41)21-13-18(15-40(21)29(42)39-12-10-35-17-39)44-23-14-20(27-37-24(16-45-27)30(32,33)34)36-26-19(23)8-9-22(43-3)25(26)31/h4,8-10,12,14,16-18,21H,1,5-7,11,13,15H2,2-3H3/t18-,21?/m0/s1. The zero-order valence-corrected chi connectivity index (χ0v) is 26.0. The first-order valence-electron chi connectivity index (χ1n) is 14.0. The molecule has 1 aliphatic rings. The van der Waals surface area contributed by atoms with Crippen LogP contribution in [0.15, 0.2) is 55.0 Å². The highest BCUT2D eigenvalue weighted by Gasteiger charge is 2.42. The number of allylic oxidation sites excluding steroid dienone is 1. The highest BCUT2D eigenvalue weighted by atomic mass is 35.5. The van der Waals surface area contributed by atoms with Crippen LogP contribution in [0.25, 0.3) is 21.6 Å². The van der Waals surface area contributed by atoms with Crippen molar-refractivity contribution in [2.75, 3.05) is 27.2 Å². The van der Waals surface area contributed by atoms with E-state index in [1.807, 2.05) is 6.08 Å². The van der Waals surface area contributed by atoms with Gasteiger partial charge in [-0.2, -0.15) is 13.2 Å². The summed E-state index contributed by atoms with van der Waals surface area (Å²) in [5.74, 6) is 0.340. The second kappa shape index (κ2) is 13.4. The van der Waals surface area contributed by atoms with Gasteiger partial charge in [-0.1, -0.05) is 17.7 Å². The quantitative estimate of drug-likeness (QED) is 0.140. The van der Waals surface area contributed by atoms with Crippen LogP contribution in [0.5, 0.6) is 11.5 Å². The number of carbonyl (C=O) groups is 2. The molecule has 3 aromatic heterocycles. The van der Waals surface area contributed by atoms with Crippen LogP contribution in [-0.2, 0) is 11.0 Å². The smallest absolute Gasteiger partial charge is 0.434 e. The van der Waals surface area contributed by atoms with E-state index in [2.05, 4.69) is 21.5 Å². The lowest BCUT2D eigenvalue weighted by atomic mass is 10.1. The third-order valence-corrected chi connectivity index (χ3v) is 8.65. The van der Waals surface area contributed by atoms with Crippen LogP contribution in [0.1, 0.15) is 31.4 Å². The number of aromatic nitrogens is 4. The molecule has 15 heteroatoms. The van der Waals surface area contributed by atoms with Crippen molar-refractivity contribution < 1.29 is 32.2 Å². The fourth-order valence-electron chi connectivity index (χ4n) is 5.13. The summed E-state index contributed by atoms with van der Waals surface area (Å²) in [5.41, 5.74) is -0.684. The van der Waals surface area contributed by atoms with E-state index in [0.717, 1.165) is 36.0 Å². The third kappa shape index (κ3) is 6.91. The van der Waals surface area contributed by atoms with Crippen LogP contribution in [0, 0.1) is 0 Å². The van der Waals surface area contributed by atoms with E-state index < -0.39 is 30.0 Å². The normalized spacial score (nSPS) is 16.6.